The Hall–Kier alpha value is -1.43. The summed E-state index contributed by atoms with van der Waals surface area (Å²) >= 11 is 0. The van der Waals surface area contributed by atoms with E-state index in [2.05, 4.69) is 30.7 Å². The van der Waals surface area contributed by atoms with Gasteiger partial charge in [0.15, 0.2) is 0 Å². The Morgan fingerprint density at radius 1 is 1.04 bits per heavy atom. The highest BCUT2D eigenvalue weighted by Gasteiger charge is 2.25. The summed E-state index contributed by atoms with van der Waals surface area (Å²) in [6.45, 7) is 13.4. The van der Waals surface area contributed by atoms with E-state index in [4.69, 9.17) is 4.74 Å². The molecule has 2 heterocycles. The van der Waals surface area contributed by atoms with Crippen molar-refractivity contribution < 1.29 is 9.53 Å². The summed E-state index contributed by atoms with van der Waals surface area (Å²) < 4.78 is 5.68. The molecule has 2 aliphatic heterocycles. The van der Waals surface area contributed by atoms with Crippen LogP contribution in [-0.4, -0.2) is 80.1 Å². The van der Waals surface area contributed by atoms with Gasteiger partial charge in [-0.15, -0.1) is 0 Å². The summed E-state index contributed by atoms with van der Waals surface area (Å²) in [7, 11) is 2.20. The van der Waals surface area contributed by atoms with E-state index in [0.717, 1.165) is 49.6 Å². The van der Waals surface area contributed by atoms with Crippen LogP contribution in [0.4, 0.5) is 0 Å². The van der Waals surface area contributed by atoms with Crippen molar-refractivity contribution in [3.8, 4) is 0 Å². The van der Waals surface area contributed by atoms with Crippen LogP contribution in [0.2, 0.25) is 0 Å². The van der Waals surface area contributed by atoms with Crippen molar-refractivity contribution in [2.45, 2.75) is 33.3 Å². The molecule has 156 valence electrons. The molecule has 0 unspecified atom stereocenters. The van der Waals surface area contributed by atoms with Gasteiger partial charge >= 0.3 is 0 Å². The fraction of sp³-hybridized carbons (Fsp3) is 0.696. The minimum atomic E-state index is 0.174. The van der Waals surface area contributed by atoms with Crippen LogP contribution in [0.1, 0.15) is 42.6 Å². The third kappa shape index (κ3) is 6.29. The number of piperidine rings is 1. The second-order valence-electron chi connectivity index (χ2n) is 8.95. The first-order chi connectivity index (χ1) is 13.5. The molecule has 0 spiro atoms. The summed E-state index contributed by atoms with van der Waals surface area (Å²) in [5.74, 6) is 1.45. The minimum absolute atomic E-state index is 0.174. The lowest BCUT2D eigenvalue weighted by Crippen LogP contribution is -2.48. The number of likely N-dealkylation sites (N-methyl/N-ethyl adjacent to an activating group) is 1. The van der Waals surface area contributed by atoms with Crippen molar-refractivity contribution in [2.24, 2.45) is 11.8 Å². The maximum absolute atomic E-state index is 12.8. The highest BCUT2D eigenvalue weighted by atomic mass is 16.5. The van der Waals surface area contributed by atoms with Crippen molar-refractivity contribution in [3.63, 3.8) is 0 Å². The van der Waals surface area contributed by atoms with Crippen LogP contribution >= 0.6 is 0 Å². The maximum atomic E-state index is 12.8. The van der Waals surface area contributed by atoms with Crippen molar-refractivity contribution in [2.75, 3.05) is 59.5 Å². The Bertz CT molecular complexity index is 601. The number of piperazine rings is 1. The molecule has 1 amide bonds. The first-order valence-corrected chi connectivity index (χ1v) is 10.9. The maximum Gasteiger partial charge on any atom is 0.253 e. The summed E-state index contributed by atoms with van der Waals surface area (Å²) in [6, 6.07) is 7.95. The predicted molar refractivity (Wildman–Crippen MR) is 114 cm³/mol. The molecule has 5 nitrogen and oxygen atoms in total. The molecule has 2 fully saturated rings. The smallest absolute Gasteiger partial charge is 0.253 e. The van der Waals surface area contributed by atoms with Crippen molar-refractivity contribution in [1.29, 1.82) is 0 Å². The Morgan fingerprint density at radius 2 is 1.68 bits per heavy atom. The molecule has 2 saturated heterocycles. The second-order valence-corrected chi connectivity index (χ2v) is 8.95. The number of hydrogen-bond acceptors (Lipinski definition) is 4. The van der Waals surface area contributed by atoms with E-state index in [-0.39, 0.29) is 5.91 Å². The van der Waals surface area contributed by atoms with Gasteiger partial charge in [0.25, 0.3) is 5.91 Å². The van der Waals surface area contributed by atoms with E-state index in [1.165, 1.54) is 32.7 Å². The normalized spacial score (nSPS) is 20.1. The predicted octanol–water partition coefficient (Wildman–Crippen LogP) is 2.96. The average Bonchev–Trinajstić information content (AvgIpc) is 2.70. The van der Waals surface area contributed by atoms with Crippen LogP contribution in [0.15, 0.2) is 24.3 Å². The van der Waals surface area contributed by atoms with E-state index in [0.29, 0.717) is 12.5 Å². The van der Waals surface area contributed by atoms with Gasteiger partial charge in [-0.3, -0.25) is 4.79 Å². The number of benzene rings is 1. The van der Waals surface area contributed by atoms with E-state index >= 15 is 0 Å². The number of carbonyl (C=O) groups is 1. The van der Waals surface area contributed by atoms with Crippen molar-refractivity contribution in [1.82, 2.24) is 14.7 Å². The van der Waals surface area contributed by atoms with E-state index in [1.54, 1.807) is 0 Å². The van der Waals surface area contributed by atoms with Crippen LogP contribution in [-0.2, 0) is 11.3 Å². The molecule has 1 aromatic carbocycles. The Morgan fingerprint density at radius 3 is 2.29 bits per heavy atom. The van der Waals surface area contributed by atoms with Crippen LogP contribution in [0, 0.1) is 11.8 Å². The van der Waals surface area contributed by atoms with Crippen molar-refractivity contribution in [3.05, 3.63) is 35.4 Å². The largest absolute Gasteiger partial charge is 0.377 e. The zero-order chi connectivity index (χ0) is 19.9. The van der Waals surface area contributed by atoms with E-state index in [9.17, 15) is 4.79 Å². The van der Waals surface area contributed by atoms with Gasteiger partial charge in [0.1, 0.15) is 0 Å². The summed E-state index contributed by atoms with van der Waals surface area (Å²) in [6.07, 6.45) is 2.25. The molecule has 1 aromatic rings. The zero-order valence-electron chi connectivity index (χ0n) is 17.9. The highest BCUT2D eigenvalue weighted by molar-refractivity contribution is 5.94. The fourth-order valence-corrected chi connectivity index (χ4v) is 4.05. The molecule has 5 heteroatoms. The molecule has 0 bridgehead atoms. The molecule has 0 aromatic heterocycles. The summed E-state index contributed by atoms with van der Waals surface area (Å²) in [4.78, 5) is 19.9. The molecule has 2 aliphatic rings. The van der Waals surface area contributed by atoms with Gasteiger partial charge < -0.3 is 19.4 Å². The fourth-order valence-electron chi connectivity index (χ4n) is 4.05. The number of hydrogen-bond donors (Lipinski definition) is 0. The molecule has 0 N–H and O–H groups in total. The van der Waals surface area contributed by atoms with Gasteiger partial charge in [0, 0.05) is 58.0 Å². The van der Waals surface area contributed by atoms with Gasteiger partial charge in [0.05, 0.1) is 6.61 Å². The molecular weight excluding hydrogens is 350 g/mol. The van der Waals surface area contributed by atoms with Crippen molar-refractivity contribution >= 4 is 5.91 Å². The minimum Gasteiger partial charge on any atom is -0.377 e. The molecule has 0 aliphatic carbocycles. The van der Waals surface area contributed by atoms with Crippen LogP contribution < -0.4 is 0 Å². The number of rotatable bonds is 7. The monoisotopic (exact) mass is 387 g/mol. The third-order valence-corrected chi connectivity index (χ3v) is 5.93. The zero-order valence-corrected chi connectivity index (χ0v) is 17.9. The second kappa shape index (κ2) is 10.4. The van der Waals surface area contributed by atoms with Gasteiger partial charge in [-0.1, -0.05) is 26.0 Å². The Kier molecular flexibility index (Phi) is 7.89. The standard InChI is InChI=1S/C23H37N3O2/c1-19(2)17-28-18-21-4-6-22(7-5-21)23(27)26-10-8-20(9-11-26)16-25-14-12-24(3)13-15-25/h4-7,19-20H,8-18H2,1-3H3. The molecule has 0 radical (unpaired) electrons. The Balaban J connectivity index is 1.42. The highest BCUT2D eigenvalue weighted by Crippen LogP contribution is 2.21. The average molecular weight is 388 g/mol. The topological polar surface area (TPSA) is 36.0 Å². The summed E-state index contributed by atoms with van der Waals surface area (Å²) in [5.41, 5.74) is 1.92. The van der Waals surface area contributed by atoms with Gasteiger partial charge in [-0.05, 0) is 49.4 Å². The molecular formula is C23H37N3O2. The van der Waals surface area contributed by atoms with Gasteiger partial charge in [-0.2, -0.15) is 0 Å². The first kappa shape index (κ1) is 21.3. The number of carbonyl (C=O) groups excluding carboxylic acids is 1. The van der Waals surface area contributed by atoms with Crippen LogP contribution in [0.25, 0.3) is 0 Å². The third-order valence-electron chi connectivity index (χ3n) is 5.93. The van der Waals surface area contributed by atoms with Crippen LogP contribution in [0.5, 0.6) is 0 Å². The SMILES string of the molecule is CC(C)COCc1ccc(C(=O)N2CCC(CN3CCN(C)CC3)CC2)cc1. The first-order valence-electron chi connectivity index (χ1n) is 10.9. The number of likely N-dealkylation sites (tertiary alicyclic amines) is 1. The summed E-state index contributed by atoms with van der Waals surface area (Å²) in [5, 5.41) is 0. The molecule has 28 heavy (non-hydrogen) atoms. The molecule has 0 atom stereocenters. The lowest BCUT2D eigenvalue weighted by atomic mass is 9.95. The Labute approximate surface area is 170 Å². The quantitative estimate of drug-likeness (QED) is 0.721. The van der Waals surface area contributed by atoms with E-state index in [1.807, 2.05) is 29.2 Å². The molecule has 3 rings (SSSR count). The van der Waals surface area contributed by atoms with Gasteiger partial charge in [-0.25, -0.2) is 0 Å². The van der Waals surface area contributed by atoms with E-state index < -0.39 is 0 Å². The van der Waals surface area contributed by atoms with Gasteiger partial charge in [0.2, 0.25) is 0 Å². The number of amides is 1. The number of nitrogens with zero attached hydrogens (tertiary/aromatic N) is 3. The van der Waals surface area contributed by atoms with Crippen LogP contribution in [0.3, 0.4) is 0 Å². The lowest BCUT2D eigenvalue weighted by Gasteiger charge is -2.38. The molecule has 0 saturated carbocycles. The number of ether oxygens (including phenoxy) is 1. The lowest BCUT2D eigenvalue weighted by molar-refractivity contribution is 0.0643.